The first-order chi connectivity index (χ1) is 14.5. The van der Waals surface area contributed by atoms with Gasteiger partial charge in [-0.05, 0) is 45.7 Å². The molecule has 1 aliphatic rings. The third-order valence-electron chi connectivity index (χ3n) is 5.54. The number of benzene rings is 1. The standard InChI is InChI=1S/C23H37N5O3/c1-16(2)24-21(30)14-27-7-9-28(10-8-27)22(31)15-26(6)13-20(29)25-23-18(4)11-17(3)12-19(23)5/h11-12,16H,7-10,13-15H2,1-6H3,(H,24,30)(H,25,29)/p+2. The summed E-state index contributed by atoms with van der Waals surface area (Å²) < 4.78 is 0. The summed E-state index contributed by atoms with van der Waals surface area (Å²) in [6.45, 7) is 13.7. The number of carbonyl (C=O) groups is 3. The van der Waals surface area contributed by atoms with Crippen LogP contribution < -0.4 is 20.4 Å². The molecule has 1 aromatic rings. The molecule has 0 bridgehead atoms. The van der Waals surface area contributed by atoms with E-state index in [0.717, 1.165) is 34.8 Å². The zero-order chi connectivity index (χ0) is 23.1. The molecule has 0 spiro atoms. The van der Waals surface area contributed by atoms with Crippen molar-refractivity contribution in [3.63, 3.8) is 0 Å². The van der Waals surface area contributed by atoms with Crippen LogP contribution in [0.1, 0.15) is 30.5 Å². The summed E-state index contributed by atoms with van der Waals surface area (Å²) in [6, 6.07) is 4.25. The summed E-state index contributed by atoms with van der Waals surface area (Å²) in [5, 5.41) is 5.91. The van der Waals surface area contributed by atoms with E-state index in [1.54, 1.807) is 0 Å². The zero-order valence-electron chi connectivity index (χ0n) is 19.9. The summed E-state index contributed by atoms with van der Waals surface area (Å²) in [5.74, 6) is 0.0171. The molecule has 1 unspecified atom stereocenters. The summed E-state index contributed by atoms with van der Waals surface area (Å²) in [4.78, 5) is 41.0. The molecule has 1 fully saturated rings. The van der Waals surface area contributed by atoms with Crippen LogP contribution in [-0.2, 0) is 14.4 Å². The average Bonchev–Trinajstić information content (AvgIpc) is 2.64. The van der Waals surface area contributed by atoms with Crippen molar-refractivity contribution in [1.29, 1.82) is 0 Å². The van der Waals surface area contributed by atoms with Gasteiger partial charge in [-0.2, -0.15) is 0 Å². The lowest BCUT2D eigenvalue weighted by Gasteiger charge is -2.32. The van der Waals surface area contributed by atoms with Crippen molar-refractivity contribution in [2.45, 2.75) is 40.7 Å². The molecule has 3 amide bonds. The van der Waals surface area contributed by atoms with Gasteiger partial charge < -0.3 is 25.3 Å². The van der Waals surface area contributed by atoms with E-state index in [0.29, 0.717) is 19.6 Å². The van der Waals surface area contributed by atoms with Crippen molar-refractivity contribution in [3.05, 3.63) is 28.8 Å². The van der Waals surface area contributed by atoms with E-state index in [-0.39, 0.29) is 36.9 Å². The van der Waals surface area contributed by atoms with Gasteiger partial charge in [0, 0.05) is 11.7 Å². The van der Waals surface area contributed by atoms with Crippen LogP contribution in [-0.4, -0.2) is 81.5 Å². The topological polar surface area (TPSA) is 87.4 Å². The number of hydrogen-bond donors (Lipinski definition) is 4. The fourth-order valence-electron chi connectivity index (χ4n) is 4.12. The number of likely N-dealkylation sites (N-methyl/N-ethyl adjacent to an activating group) is 1. The maximum absolute atomic E-state index is 12.7. The van der Waals surface area contributed by atoms with Gasteiger partial charge in [0.1, 0.15) is 0 Å². The Morgan fingerprint density at radius 1 is 1.03 bits per heavy atom. The van der Waals surface area contributed by atoms with E-state index < -0.39 is 0 Å². The molecule has 8 heteroatoms. The molecule has 0 saturated carbocycles. The zero-order valence-corrected chi connectivity index (χ0v) is 19.9. The number of aryl methyl sites for hydroxylation is 3. The predicted molar refractivity (Wildman–Crippen MR) is 121 cm³/mol. The van der Waals surface area contributed by atoms with Crippen LogP contribution in [0.25, 0.3) is 0 Å². The number of carbonyl (C=O) groups excluding carboxylic acids is 3. The summed E-state index contributed by atoms with van der Waals surface area (Å²) in [7, 11) is 1.87. The lowest BCUT2D eigenvalue weighted by Crippen LogP contribution is -3.16. The van der Waals surface area contributed by atoms with Gasteiger partial charge in [-0.3, -0.25) is 14.4 Å². The molecule has 1 heterocycles. The number of amides is 3. The van der Waals surface area contributed by atoms with Gasteiger partial charge in [0.05, 0.1) is 33.2 Å². The van der Waals surface area contributed by atoms with Crippen LogP contribution in [0.15, 0.2) is 12.1 Å². The van der Waals surface area contributed by atoms with E-state index in [2.05, 4.69) is 22.8 Å². The molecule has 8 nitrogen and oxygen atoms in total. The highest BCUT2D eigenvalue weighted by molar-refractivity contribution is 5.93. The number of nitrogens with one attached hydrogen (secondary N) is 4. The van der Waals surface area contributed by atoms with Crippen LogP contribution in [0.3, 0.4) is 0 Å². The van der Waals surface area contributed by atoms with Crippen LogP contribution in [0.2, 0.25) is 0 Å². The first-order valence-electron chi connectivity index (χ1n) is 11.1. The highest BCUT2D eigenvalue weighted by atomic mass is 16.2. The monoisotopic (exact) mass is 433 g/mol. The third-order valence-corrected chi connectivity index (χ3v) is 5.54. The maximum atomic E-state index is 12.7. The molecule has 4 N–H and O–H groups in total. The lowest BCUT2D eigenvalue weighted by molar-refractivity contribution is -0.896. The molecule has 1 atom stereocenters. The fourth-order valence-corrected chi connectivity index (χ4v) is 4.12. The molecular weight excluding hydrogens is 394 g/mol. The number of rotatable bonds is 8. The molecular formula is C23H39N5O3+2. The van der Waals surface area contributed by atoms with E-state index in [1.807, 2.05) is 46.6 Å². The second-order valence-electron chi connectivity index (χ2n) is 9.16. The Kier molecular flexibility index (Phi) is 9.00. The second-order valence-corrected chi connectivity index (χ2v) is 9.16. The third kappa shape index (κ3) is 7.95. The molecule has 2 rings (SSSR count). The molecule has 31 heavy (non-hydrogen) atoms. The largest absolute Gasteiger partial charge is 0.349 e. The molecule has 0 radical (unpaired) electrons. The average molecular weight is 434 g/mol. The molecule has 0 aromatic heterocycles. The van der Waals surface area contributed by atoms with Crippen LogP contribution in [0, 0.1) is 20.8 Å². The number of anilines is 1. The van der Waals surface area contributed by atoms with Crippen molar-refractivity contribution < 1.29 is 24.2 Å². The Labute approximate surface area is 185 Å². The van der Waals surface area contributed by atoms with E-state index in [9.17, 15) is 14.4 Å². The Bertz CT molecular complexity index is 777. The van der Waals surface area contributed by atoms with Gasteiger partial charge in [0.25, 0.3) is 17.7 Å². The van der Waals surface area contributed by atoms with Gasteiger partial charge >= 0.3 is 0 Å². The highest BCUT2D eigenvalue weighted by Crippen LogP contribution is 2.21. The van der Waals surface area contributed by atoms with Crippen LogP contribution in [0.4, 0.5) is 5.69 Å². The molecule has 1 saturated heterocycles. The number of nitrogens with zero attached hydrogens (tertiary/aromatic N) is 1. The molecule has 1 aliphatic heterocycles. The van der Waals surface area contributed by atoms with Crippen molar-refractivity contribution in [2.24, 2.45) is 0 Å². The minimum atomic E-state index is -0.0919. The molecule has 0 aliphatic carbocycles. The van der Waals surface area contributed by atoms with Crippen molar-refractivity contribution >= 4 is 23.4 Å². The van der Waals surface area contributed by atoms with Crippen LogP contribution in [0.5, 0.6) is 0 Å². The Balaban J connectivity index is 1.76. The van der Waals surface area contributed by atoms with Crippen molar-refractivity contribution in [1.82, 2.24) is 10.2 Å². The van der Waals surface area contributed by atoms with E-state index in [4.69, 9.17) is 0 Å². The Hall–Kier alpha value is -2.45. The fraction of sp³-hybridized carbons (Fsp3) is 0.609. The van der Waals surface area contributed by atoms with Gasteiger partial charge in [-0.25, -0.2) is 0 Å². The Morgan fingerprint density at radius 2 is 1.61 bits per heavy atom. The number of quaternary nitrogens is 2. The highest BCUT2D eigenvalue weighted by Gasteiger charge is 2.27. The lowest BCUT2D eigenvalue weighted by atomic mass is 10.1. The Morgan fingerprint density at radius 3 is 2.16 bits per heavy atom. The summed E-state index contributed by atoms with van der Waals surface area (Å²) in [6.07, 6.45) is 0. The second kappa shape index (κ2) is 11.2. The summed E-state index contributed by atoms with van der Waals surface area (Å²) >= 11 is 0. The smallest absolute Gasteiger partial charge is 0.279 e. The number of hydrogen-bond acceptors (Lipinski definition) is 3. The SMILES string of the molecule is Cc1cc(C)c(NC(=O)C[NH+](C)CC(=O)N2CC[NH+](CC(=O)NC(C)C)CC2)c(C)c1. The minimum absolute atomic E-state index is 0.0543. The van der Waals surface area contributed by atoms with Gasteiger partial charge in [-0.1, -0.05) is 17.7 Å². The quantitative estimate of drug-likeness (QED) is 0.395. The van der Waals surface area contributed by atoms with Gasteiger partial charge in [-0.15, -0.1) is 0 Å². The van der Waals surface area contributed by atoms with Crippen molar-refractivity contribution in [3.8, 4) is 0 Å². The molecule has 172 valence electrons. The van der Waals surface area contributed by atoms with Gasteiger partial charge in [0.2, 0.25) is 0 Å². The van der Waals surface area contributed by atoms with E-state index in [1.165, 1.54) is 10.5 Å². The normalized spacial score (nSPS) is 15.6. The first kappa shape index (κ1) is 24.8. The number of piperazine rings is 1. The maximum Gasteiger partial charge on any atom is 0.279 e. The minimum Gasteiger partial charge on any atom is -0.349 e. The summed E-state index contributed by atoms with van der Waals surface area (Å²) in [5.41, 5.74) is 4.11. The van der Waals surface area contributed by atoms with Crippen molar-refractivity contribution in [2.75, 3.05) is 58.2 Å². The van der Waals surface area contributed by atoms with E-state index >= 15 is 0 Å². The molecule has 1 aromatic carbocycles. The van der Waals surface area contributed by atoms with Crippen LogP contribution >= 0.6 is 0 Å². The predicted octanol–water partition coefficient (Wildman–Crippen LogP) is -1.68. The first-order valence-corrected chi connectivity index (χ1v) is 11.1. The van der Waals surface area contributed by atoms with Gasteiger partial charge in [0.15, 0.2) is 19.6 Å².